The van der Waals surface area contributed by atoms with Gasteiger partial charge in [0.05, 0.1) is 6.10 Å². The Morgan fingerprint density at radius 3 is 2.69 bits per heavy atom. The first-order valence-electron chi connectivity index (χ1n) is 6.43. The minimum Gasteiger partial charge on any atom is -0.481 e. The molecule has 1 fully saturated rings. The number of carboxylic acids is 1. The van der Waals surface area contributed by atoms with Crippen molar-refractivity contribution >= 4 is 5.97 Å². The molecule has 0 heterocycles. The van der Waals surface area contributed by atoms with E-state index in [1.165, 1.54) is 19.3 Å². The standard InChI is InChI=1S/C13H24O3/c1-3-4-5-6-11-10(9-13(14)15)7-8-12(11)16-2/h10-12H,3-9H2,1-2H3,(H,14,15)/t10?,11-,12-/m1/s1. The van der Waals surface area contributed by atoms with Crippen LogP contribution >= 0.6 is 0 Å². The molecule has 16 heavy (non-hydrogen) atoms. The van der Waals surface area contributed by atoms with Gasteiger partial charge < -0.3 is 9.84 Å². The smallest absolute Gasteiger partial charge is 0.303 e. The van der Waals surface area contributed by atoms with E-state index in [1.807, 2.05) is 0 Å². The third kappa shape index (κ3) is 3.78. The Bertz CT molecular complexity index is 215. The van der Waals surface area contributed by atoms with Gasteiger partial charge in [-0.3, -0.25) is 4.79 Å². The number of rotatable bonds is 7. The highest BCUT2D eigenvalue weighted by Gasteiger charge is 2.36. The molecular weight excluding hydrogens is 204 g/mol. The van der Waals surface area contributed by atoms with Crippen molar-refractivity contribution in [1.82, 2.24) is 0 Å². The van der Waals surface area contributed by atoms with Crippen molar-refractivity contribution in [1.29, 1.82) is 0 Å². The highest BCUT2D eigenvalue weighted by atomic mass is 16.5. The van der Waals surface area contributed by atoms with Gasteiger partial charge in [0, 0.05) is 13.5 Å². The Morgan fingerprint density at radius 2 is 2.12 bits per heavy atom. The number of ether oxygens (including phenoxy) is 1. The van der Waals surface area contributed by atoms with Crippen molar-refractivity contribution in [2.24, 2.45) is 11.8 Å². The molecule has 0 aromatic carbocycles. The molecule has 3 atom stereocenters. The van der Waals surface area contributed by atoms with Crippen molar-refractivity contribution in [3.8, 4) is 0 Å². The molecule has 1 saturated carbocycles. The largest absolute Gasteiger partial charge is 0.481 e. The summed E-state index contributed by atoms with van der Waals surface area (Å²) >= 11 is 0. The molecule has 0 aromatic rings. The monoisotopic (exact) mass is 228 g/mol. The highest BCUT2D eigenvalue weighted by Crippen LogP contribution is 2.39. The van der Waals surface area contributed by atoms with Crippen LogP contribution in [0.4, 0.5) is 0 Å². The van der Waals surface area contributed by atoms with Gasteiger partial charge in [-0.05, 0) is 31.1 Å². The molecule has 0 spiro atoms. The lowest BCUT2D eigenvalue weighted by Gasteiger charge is -2.23. The SMILES string of the molecule is CCCCC[C@@H]1C(CC(=O)O)CC[C@H]1OC. The Balaban J connectivity index is 2.45. The molecule has 3 nitrogen and oxygen atoms in total. The zero-order valence-corrected chi connectivity index (χ0v) is 10.4. The molecule has 1 unspecified atom stereocenters. The van der Waals surface area contributed by atoms with Gasteiger partial charge in [-0.25, -0.2) is 0 Å². The number of unbranched alkanes of at least 4 members (excludes halogenated alkanes) is 2. The van der Waals surface area contributed by atoms with Gasteiger partial charge in [-0.1, -0.05) is 26.2 Å². The molecule has 1 aliphatic rings. The Labute approximate surface area is 98.2 Å². The van der Waals surface area contributed by atoms with E-state index in [2.05, 4.69) is 6.92 Å². The summed E-state index contributed by atoms with van der Waals surface area (Å²) < 4.78 is 5.47. The van der Waals surface area contributed by atoms with Crippen molar-refractivity contribution in [3.05, 3.63) is 0 Å². The maximum atomic E-state index is 10.8. The molecule has 94 valence electrons. The fourth-order valence-corrected chi connectivity index (χ4v) is 2.93. The van der Waals surface area contributed by atoms with Crippen molar-refractivity contribution in [3.63, 3.8) is 0 Å². The van der Waals surface area contributed by atoms with E-state index in [1.54, 1.807) is 7.11 Å². The summed E-state index contributed by atoms with van der Waals surface area (Å²) in [5.74, 6) is 0.134. The summed E-state index contributed by atoms with van der Waals surface area (Å²) in [5.41, 5.74) is 0. The van der Waals surface area contributed by atoms with Crippen LogP contribution in [0.2, 0.25) is 0 Å². The van der Waals surface area contributed by atoms with Crippen LogP contribution < -0.4 is 0 Å². The molecule has 0 aliphatic heterocycles. The summed E-state index contributed by atoms with van der Waals surface area (Å²) in [7, 11) is 1.75. The van der Waals surface area contributed by atoms with E-state index in [-0.39, 0.29) is 0 Å². The first-order chi connectivity index (χ1) is 7.69. The molecule has 0 bridgehead atoms. The average molecular weight is 228 g/mol. The number of hydrogen-bond acceptors (Lipinski definition) is 2. The molecular formula is C13H24O3. The van der Waals surface area contributed by atoms with Crippen LogP contribution in [0.3, 0.4) is 0 Å². The average Bonchev–Trinajstić information content (AvgIpc) is 2.61. The van der Waals surface area contributed by atoms with Gasteiger partial charge in [-0.2, -0.15) is 0 Å². The molecule has 0 saturated heterocycles. The zero-order chi connectivity index (χ0) is 12.0. The van der Waals surface area contributed by atoms with Gasteiger partial charge in [0.2, 0.25) is 0 Å². The van der Waals surface area contributed by atoms with E-state index in [0.717, 1.165) is 19.3 Å². The number of hydrogen-bond donors (Lipinski definition) is 1. The third-order valence-corrected chi connectivity index (χ3v) is 3.79. The quantitative estimate of drug-likeness (QED) is 0.681. The minimum atomic E-state index is -0.665. The van der Waals surface area contributed by atoms with Crippen molar-refractivity contribution in [2.75, 3.05) is 7.11 Å². The first-order valence-corrected chi connectivity index (χ1v) is 6.43. The molecule has 1 aliphatic carbocycles. The van der Waals surface area contributed by atoms with Crippen molar-refractivity contribution < 1.29 is 14.6 Å². The number of carboxylic acid groups (broad SMARTS) is 1. The number of methoxy groups -OCH3 is 1. The second kappa shape index (κ2) is 6.89. The molecule has 1 rings (SSSR count). The van der Waals surface area contributed by atoms with E-state index < -0.39 is 5.97 Å². The van der Waals surface area contributed by atoms with Gasteiger partial charge in [0.15, 0.2) is 0 Å². The summed E-state index contributed by atoms with van der Waals surface area (Å²) in [5, 5.41) is 8.88. The van der Waals surface area contributed by atoms with Gasteiger partial charge >= 0.3 is 5.97 Å². The normalized spacial score (nSPS) is 29.5. The summed E-state index contributed by atoms with van der Waals surface area (Å²) in [6.45, 7) is 2.19. The Kier molecular flexibility index (Phi) is 5.81. The lowest BCUT2D eigenvalue weighted by molar-refractivity contribution is -0.138. The molecule has 0 aromatic heterocycles. The van der Waals surface area contributed by atoms with Crippen LogP contribution in [0.15, 0.2) is 0 Å². The summed E-state index contributed by atoms with van der Waals surface area (Å²) in [6.07, 6.45) is 7.45. The summed E-state index contributed by atoms with van der Waals surface area (Å²) in [4.78, 5) is 10.8. The maximum absolute atomic E-state index is 10.8. The van der Waals surface area contributed by atoms with Gasteiger partial charge in [0.1, 0.15) is 0 Å². The van der Waals surface area contributed by atoms with Crippen LogP contribution in [0.25, 0.3) is 0 Å². The van der Waals surface area contributed by atoms with Crippen LogP contribution in [-0.2, 0) is 9.53 Å². The second-order valence-corrected chi connectivity index (χ2v) is 4.87. The number of aliphatic carboxylic acids is 1. The van der Waals surface area contributed by atoms with Crippen LogP contribution in [0.5, 0.6) is 0 Å². The van der Waals surface area contributed by atoms with E-state index >= 15 is 0 Å². The Morgan fingerprint density at radius 1 is 1.38 bits per heavy atom. The van der Waals surface area contributed by atoms with E-state index in [0.29, 0.717) is 24.4 Å². The minimum absolute atomic E-state index is 0.293. The molecule has 3 heteroatoms. The fraction of sp³-hybridized carbons (Fsp3) is 0.923. The Hall–Kier alpha value is -0.570. The van der Waals surface area contributed by atoms with Crippen LogP contribution in [0, 0.1) is 11.8 Å². The maximum Gasteiger partial charge on any atom is 0.303 e. The van der Waals surface area contributed by atoms with E-state index in [4.69, 9.17) is 9.84 Å². The second-order valence-electron chi connectivity index (χ2n) is 4.87. The van der Waals surface area contributed by atoms with Gasteiger partial charge in [0.25, 0.3) is 0 Å². The topological polar surface area (TPSA) is 46.5 Å². The van der Waals surface area contributed by atoms with Crippen molar-refractivity contribution in [2.45, 2.75) is 58.0 Å². The molecule has 0 amide bonds. The first kappa shape index (κ1) is 13.5. The summed E-state index contributed by atoms with van der Waals surface area (Å²) in [6, 6.07) is 0. The fourth-order valence-electron chi connectivity index (χ4n) is 2.93. The zero-order valence-electron chi connectivity index (χ0n) is 10.4. The predicted octanol–water partition coefficient (Wildman–Crippen LogP) is 3.08. The van der Waals surface area contributed by atoms with Crippen LogP contribution in [0.1, 0.15) is 51.9 Å². The van der Waals surface area contributed by atoms with Crippen LogP contribution in [-0.4, -0.2) is 24.3 Å². The molecule has 1 N–H and O–H groups in total. The highest BCUT2D eigenvalue weighted by molar-refractivity contribution is 5.67. The predicted molar refractivity (Wildman–Crippen MR) is 63.4 cm³/mol. The molecule has 0 radical (unpaired) electrons. The lowest BCUT2D eigenvalue weighted by Crippen LogP contribution is -2.22. The number of carbonyl (C=O) groups is 1. The third-order valence-electron chi connectivity index (χ3n) is 3.79. The van der Waals surface area contributed by atoms with Gasteiger partial charge in [-0.15, -0.1) is 0 Å². The lowest BCUT2D eigenvalue weighted by atomic mass is 9.87. The van der Waals surface area contributed by atoms with E-state index in [9.17, 15) is 4.79 Å².